The summed E-state index contributed by atoms with van der Waals surface area (Å²) < 4.78 is 0. The van der Waals surface area contributed by atoms with E-state index in [1.165, 1.54) is 0 Å². The second-order valence-electron chi connectivity index (χ2n) is 5.98. The van der Waals surface area contributed by atoms with Crippen molar-refractivity contribution in [1.82, 2.24) is 15.5 Å². The summed E-state index contributed by atoms with van der Waals surface area (Å²) in [5.41, 5.74) is 0.801. The van der Waals surface area contributed by atoms with Gasteiger partial charge < -0.3 is 10.6 Å². The van der Waals surface area contributed by atoms with Crippen LogP contribution in [0, 0.1) is 0 Å². The summed E-state index contributed by atoms with van der Waals surface area (Å²) in [7, 11) is 0. The molecule has 2 N–H and O–H groups in total. The molecule has 0 aliphatic heterocycles. The molecule has 24 heavy (non-hydrogen) atoms. The summed E-state index contributed by atoms with van der Waals surface area (Å²) in [5.74, 6) is -0.249. The Morgan fingerprint density at radius 2 is 1.67 bits per heavy atom. The third-order valence-corrected chi connectivity index (χ3v) is 4.00. The summed E-state index contributed by atoms with van der Waals surface area (Å²) in [4.78, 5) is 25.8. The maximum atomic E-state index is 12.2. The fraction of sp³-hybridized carbons (Fsp3) is 0.529. The van der Waals surface area contributed by atoms with Gasteiger partial charge in [-0.3, -0.25) is 14.5 Å². The second kappa shape index (κ2) is 9.87. The quantitative estimate of drug-likeness (QED) is 0.735. The van der Waals surface area contributed by atoms with Crippen LogP contribution in [0.2, 0.25) is 10.0 Å². The Labute approximate surface area is 153 Å². The number of halogens is 2. The summed E-state index contributed by atoms with van der Waals surface area (Å²) in [6.45, 7) is 8.52. The lowest BCUT2D eigenvalue weighted by atomic mass is 10.1. The molecule has 0 saturated heterocycles. The molecule has 0 fully saturated rings. The number of nitrogens with zero attached hydrogens (tertiary/aromatic N) is 1. The van der Waals surface area contributed by atoms with Gasteiger partial charge in [0, 0.05) is 16.1 Å². The molecule has 5 nitrogen and oxygen atoms in total. The maximum absolute atomic E-state index is 12.2. The number of carbonyl (C=O) groups is 2. The molecule has 1 aromatic rings. The van der Waals surface area contributed by atoms with Crippen LogP contribution in [0.5, 0.6) is 0 Å². The number of likely N-dealkylation sites (N-methyl/N-ethyl adjacent to an activating group) is 1. The Hall–Kier alpha value is -1.30. The summed E-state index contributed by atoms with van der Waals surface area (Å²) in [6.07, 6.45) is 0. The molecule has 134 valence electrons. The van der Waals surface area contributed by atoms with Crippen molar-refractivity contribution in [1.29, 1.82) is 0 Å². The van der Waals surface area contributed by atoms with Crippen molar-refractivity contribution in [3.63, 3.8) is 0 Å². The van der Waals surface area contributed by atoms with Crippen molar-refractivity contribution in [2.75, 3.05) is 19.6 Å². The molecular weight excluding hydrogens is 349 g/mol. The average Bonchev–Trinajstić information content (AvgIpc) is 2.45. The fourth-order valence-corrected chi connectivity index (χ4v) is 2.84. The van der Waals surface area contributed by atoms with Gasteiger partial charge in [-0.25, -0.2) is 0 Å². The molecule has 0 aliphatic carbocycles. The first-order valence-corrected chi connectivity index (χ1v) is 8.74. The zero-order valence-electron chi connectivity index (χ0n) is 14.5. The number of rotatable bonds is 8. The molecule has 1 aromatic carbocycles. The zero-order valence-corrected chi connectivity index (χ0v) is 16.0. The van der Waals surface area contributed by atoms with E-state index in [0.29, 0.717) is 16.6 Å². The predicted molar refractivity (Wildman–Crippen MR) is 98.4 cm³/mol. The number of hydrogen-bond donors (Lipinski definition) is 2. The Balaban J connectivity index is 2.58. The van der Waals surface area contributed by atoms with Crippen LogP contribution in [0.4, 0.5) is 0 Å². The molecule has 1 rings (SSSR count). The maximum Gasteiger partial charge on any atom is 0.234 e. The summed E-state index contributed by atoms with van der Waals surface area (Å²) in [5, 5.41) is 6.78. The molecule has 0 spiro atoms. The van der Waals surface area contributed by atoms with Crippen LogP contribution in [0.3, 0.4) is 0 Å². The Kier molecular flexibility index (Phi) is 8.53. The molecule has 0 heterocycles. The highest BCUT2D eigenvalue weighted by Gasteiger charge is 2.17. The molecule has 0 bridgehead atoms. The van der Waals surface area contributed by atoms with E-state index in [1.807, 2.05) is 27.7 Å². The van der Waals surface area contributed by atoms with Gasteiger partial charge in [0.05, 0.1) is 19.1 Å². The third kappa shape index (κ3) is 7.07. The van der Waals surface area contributed by atoms with Crippen molar-refractivity contribution in [2.45, 2.75) is 39.8 Å². The highest BCUT2D eigenvalue weighted by Crippen LogP contribution is 2.25. The van der Waals surface area contributed by atoms with Gasteiger partial charge in [-0.1, -0.05) is 36.2 Å². The Bertz CT molecular complexity index is 579. The van der Waals surface area contributed by atoms with Gasteiger partial charge in [-0.2, -0.15) is 0 Å². The second-order valence-corrected chi connectivity index (χ2v) is 6.82. The highest BCUT2D eigenvalue weighted by molar-refractivity contribution is 6.35. The summed E-state index contributed by atoms with van der Waals surface area (Å²) in [6, 6.07) is 5.02. The molecule has 1 atom stereocenters. The molecule has 7 heteroatoms. The average molecular weight is 374 g/mol. The topological polar surface area (TPSA) is 61.4 Å². The van der Waals surface area contributed by atoms with Crippen molar-refractivity contribution in [3.05, 3.63) is 33.8 Å². The molecule has 1 unspecified atom stereocenters. The molecule has 0 saturated carbocycles. The number of benzene rings is 1. The van der Waals surface area contributed by atoms with Gasteiger partial charge in [0.2, 0.25) is 11.8 Å². The van der Waals surface area contributed by atoms with Gasteiger partial charge in [-0.15, -0.1) is 0 Å². The van der Waals surface area contributed by atoms with E-state index >= 15 is 0 Å². The molecular formula is C17H25Cl2N3O2. The van der Waals surface area contributed by atoms with E-state index < -0.39 is 0 Å². The molecule has 2 amide bonds. The lowest BCUT2D eigenvalue weighted by molar-refractivity contribution is -0.125. The van der Waals surface area contributed by atoms with E-state index in [2.05, 4.69) is 10.6 Å². The van der Waals surface area contributed by atoms with E-state index in [4.69, 9.17) is 23.2 Å². The zero-order chi connectivity index (χ0) is 18.3. The predicted octanol–water partition coefficient (Wildman–Crippen LogP) is 3.02. The lowest BCUT2D eigenvalue weighted by Gasteiger charge is -2.22. The van der Waals surface area contributed by atoms with E-state index in [9.17, 15) is 9.59 Å². The van der Waals surface area contributed by atoms with Gasteiger partial charge in [0.15, 0.2) is 0 Å². The van der Waals surface area contributed by atoms with Gasteiger partial charge in [-0.05, 0) is 45.0 Å². The van der Waals surface area contributed by atoms with Gasteiger partial charge in [0.1, 0.15) is 0 Å². The highest BCUT2D eigenvalue weighted by atomic mass is 35.5. The van der Waals surface area contributed by atoms with E-state index in [-0.39, 0.29) is 37.0 Å². The standard InChI is InChI=1S/C17H25Cl2N3O2/c1-5-22(9-16(23)20-11(2)3)10-17(24)21-12(4)14-7-6-13(18)8-15(14)19/h6-8,11-12H,5,9-10H2,1-4H3,(H,20,23)(H,21,24). The van der Waals surface area contributed by atoms with Crippen LogP contribution in [0.25, 0.3) is 0 Å². The smallest absolute Gasteiger partial charge is 0.234 e. The Morgan fingerprint density at radius 3 is 2.17 bits per heavy atom. The first-order chi connectivity index (χ1) is 11.2. The van der Waals surface area contributed by atoms with Crippen LogP contribution in [0.1, 0.15) is 39.3 Å². The first-order valence-electron chi connectivity index (χ1n) is 7.99. The molecule has 0 aromatic heterocycles. The lowest BCUT2D eigenvalue weighted by Crippen LogP contribution is -2.44. The minimum absolute atomic E-state index is 0.0806. The minimum Gasteiger partial charge on any atom is -0.353 e. The van der Waals surface area contributed by atoms with Gasteiger partial charge in [0.25, 0.3) is 0 Å². The molecule has 0 radical (unpaired) electrons. The largest absolute Gasteiger partial charge is 0.353 e. The normalized spacial score (nSPS) is 12.3. The number of hydrogen-bond acceptors (Lipinski definition) is 3. The van der Waals surface area contributed by atoms with Crippen LogP contribution < -0.4 is 10.6 Å². The van der Waals surface area contributed by atoms with Crippen LogP contribution in [0.15, 0.2) is 18.2 Å². The minimum atomic E-state index is -0.245. The van der Waals surface area contributed by atoms with Crippen LogP contribution in [-0.2, 0) is 9.59 Å². The number of carbonyl (C=O) groups excluding carboxylic acids is 2. The van der Waals surface area contributed by atoms with Crippen molar-refractivity contribution in [2.24, 2.45) is 0 Å². The summed E-state index contributed by atoms with van der Waals surface area (Å²) >= 11 is 12.0. The van der Waals surface area contributed by atoms with Crippen LogP contribution >= 0.6 is 23.2 Å². The van der Waals surface area contributed by atoms with E-state index in [0.717, 1.165) is 5.56 Å². The SMILES string of the molecule is CCN(CC(=O)NC(C)C)CC(=O)NC(C)c1ccc(Cl)cc1Cl. The van der Waals surface area contributed by atoms with E-state index in [1.54, 1.807) is 23.1 Å². The van der Waals surface area contributed by atoms with Crippen molar-refractivity contribution >= 4 is 35.0 Å². The van der Waals surface area contributed by atoms with Crippen LogP contribution in [-0.4, -0.2) is 42.4 Å². The number of nitrogens with one attached hydrogen (secondary N) is 2. The Morgan fingerprint density at radius 1 is 1.08 bits per heavy atom. The third-order valence-electron chi connectivity index (χ3n) is 3.44. The fourth-order valence-electron chi connectivity index (χ4n) is 2.27. The van der Waals surface area contributed by atoms with Crippen molar-refractivity contribution < 1.29 is 9.59 Å². The number of amides is 2. The monoisotopic (exact) mass is 373 g/mol. The van der Waals surface area contributed by atoms with Crippen molar-refractivity contribution in [3.8, 4) is 0 Å². The van der Waals surface area contributed by atoms with Gasteiger partial charge >= 0.3 is 0 Å². The first kappa shape index (κ1) is 20.7. The molecule has 0 aliphatic rings.